The quantitative estimate of drug-likeness (QED) is 0.728. The number of nitrogens with zero attached hydrogens (tertiary/aromatic N) is 3. The molecule has 1 aromatic carbocycles. The number of carbonyl (C=O) groups is 2. The normalized spacial score (nSPS) is 20.8. The third-order valence-electron chi connectivity index (χ3n) is 6.19. The second kappa shape index (κ2) is 10.6. The molecule has 1 aromatic rings. The van der Waals surface area contributed by atoms with Crippen molar-refractivity contribution in [2.75, 3.05) is 44.2 Å². The van der Waals surface area contributed by atoms with E-state index in [0.717, 1.165) is 45.6 Å². The number of carbonyl (C=O) groups excluding carboxylic acids is 2. The maximum absolute atomic E-state index is 12.8. The zero-order valence-electron chi connectivity index (χ0n) is 20.4. The average molecular weight is 445 g/mol. The number of hydrogen-bond donors (Lipinski definition) is 1. The van der Waals surface area contributed by atoms with Gasteiger partial charge in [-0.2, -0.15) is 0 Å². The number of rotatable bonds is 6. The minimum atomic E-state index is -0.558. The first-order valence-electron chi connectivity index (χ1n) is 12.0. The van der Waals surface area contributed by atoms with Gasteiger partial charge >= 0.3 is 6.09 Å². The van der Waals surface area contributed by atoms with E-state index in [1.54, 1.807) is 4.90 Å². The summed E-state index contributed by atoms with van der Waals surface area (Å²) in [7, 11) is 0. The van der Waals surface area contributed by atoms with E-state index in [0.29, 0.717) is 13.0 Å². The van der Waals surface area contributed by atoms with Crippen molar-refractivity contribution in [3.63, 3.8) is 0 Å². The molecule has 2 atom stereocenters. The fourth-order valence-electron chi connectivity index (χ4n) is 4.42. The van der Waals surface area contributed by atoms with Gasteiger partial charge in [-0.1, -0.05) is 12.1 Å². The third-order valence-corrected chi connectivity index (χ3v) is 6.19. The standard InChI is InChI=1S/C25H40N4O3/c1-19-8-6-9-21(18-19)28-16-14-27(15-17-28)13-11-20(2)26-23(30)22-10-7-12-29(22)24(31)32-25(3,4)5/h6,8-9,18,20,22H,7,10-17H2,1-5H3,(H,26,30)/t20?,22-/m0/s1. The topological polar surface area (TPSA) is 65.1 Å². The summed E-state index contributed by atoms with van der Waals surface area (Å²) in [5, 5.41) is 3.12. The molecule has 0 aromatic heterocycles. The van der Waals surface area contributed by atoms with E-state index in [1.807, 2.05) is 27.7 Å². The van der Waals surface area contributed by atoms with Gasteiger partial charge in [-0.05, 0) is 71.6 Å². The Morgan fingerprint density at radius 2 is 1.88 bits per heavy atom. The van der Waals surface area contributed by atoms with Crippen molar-refractivity contribution in [3.8, 4) is 0 Å². The number of amides is 2. The summed E-state index contributed by atoms with van der Waals surface area (Å²) < 4.78 is 5.48. The van der Waals surface area contributed by atoms with Crippen LogP contribution in [0.15, 0.2) is 24.3 Å². The molecule has 32 heavy (non-hydrogen) atoms. The first-order chi connectivity index (χ1) is 15.1. The summed E-state index contributed by atoms with van der Waals surface area (Å²) in [5.74, 6) is -0.0647. The highest BCUT2D eigenvalue weighted by atomic mass is 16.6. The van der Waals surface area contributed by atoms with E-state index in [4.69, 9.17) is 4.74 Å². The van der Waals surface area contributed by atoms with Crippen molar-refractivity contribution in [3.05, 3.63) is 29.8 Å². The summed E-state index contributed by atoms with van der Waals surface area (Å²) in [6, 6.07) is 8.33. The molecule has 0 aliphatic carbocycles. The van der Waals surface area contributed by atoms with Crippen LogP contribution in [0.5, 0.6) is 0 Å². The monoisotopic (exact) mass is 444 g/mol. The van der Waals surface area contributed by atoms with E-state index in [-0.39, 0.29) is 11.9 Å². The van der Waals surface area contributed by atoms with Crippen LogP contribution in [0.4, 0.5) is 10.5 Å². The van der Waals surface area contributed by atoms with Crippen molar-refractivity contribution in [1.82, 2.24) is 15.1 Å². The van der Waals surface area contributed by atoms with Crippen LogP contribution in [0.2, 0.25) is 0 Å². The third kappa shape index (κ3) is 6.86. The first kappa shape index (κ1) is 24.4. The molecule has 2 fully saturated rings. The number of anilines is 1. The summed E-state index contributed by atoms with van der Waals surface area (Å²) in [4.78, 5) is 31.8. The summed E-state index contributed by atoms with van der Waals surface area (Å²) in [5.41, 5.74) is 2.04. The molecule has 178 valence electrons. The predicted molar refractivity (Wildman–Crippen MR) is 128 cm³/mol. The highest BCUT2D eigenvalue weighted by Gasteiger charge is 2.36. The van der Waals surface area contributed by atoms with Crippen LogP contribution in [-0.2, 0) is 9.53 Å². The number of ether oxygens (including phenoxy) is 1. The Bertz CT molecular complexity index is 784. The van der Waals surface area contributed by atoms with Crippen molar-refractivity contribution < 1.29 is 14.3 Å². The molecule has 0 radical (unpaired) electrons. The fourth-order valence-corrected chi connectivity index (χ4v) is 4.42. The minimum Gasteiger partial charge on any atom is -0.444 e. The molecular weight excluding hydrogens is 404 g/mol. The molecule has 0 saturated carbocycles. The Hall–Kier alpha value is -2.28. The van der Waals surface area contributed by atoms with Crippen LogP contribution in [0, 0.1) is 6.92 Å². The second-order valence-corrected chi connectivity index (χ2v) is 10.2. The average Bonchev–Trinajstić information content (AvgIpc) is 3.22. The van der Waals surface area contributed by atoms with Gasteiger partial charge in [0.15, 0.2) is 0 Å². The fraction of sp³-hybridized carbons (Fsp3) is 0.680. The van der Waals surface area contributed by atoms with Crippen molar-refractivity contribution in [2.45, 2.75) is 71.6 Å². The molecule has 2 heterocycles. The van der Waals surface area contributed by atoms with E-state index in [2.05, 4.69) is 46.3 Å². The maximum Gasteiger partial charge on any atom is 0.410 e. The van der Waals surface area contributed by atoms with Gasteiger partial charge in [-0.15, -0.1) is 0 Å². The highest BCUT2D eigenvalue weighted by molar-refractivity contribution is 5.86. The number of nitrogens with one attached hydrogen (secondary N) is 1. The summed E-state index contributed by atoms with van der Waals surface area (Å²) in [6.07, 6.45) is 2.03. The van der Waals surface area contributed by atoms with Crippen LogP contribution in [-0.4, -0.2) is 78.8 Å². The van der Waals surface area contributed by atoms with Crippen LogP contribution in [0.25, 0.3) is 0 Å². The lowest BCUT2D eigenvalue weighted by Crippen LogP contribution is -2.50. The Morgan fingerprint density at radius 3 is 2.53 bits per heavy atom. The lowest BCUT2D eigenvalue weighted by Gasteiger charge is -2.36. The number of piperazine rings is 1. The van der Waals surface area contributed by atoms with Gasteiger partial charge in [-0.3, -0.25) is 14.6 Å². The van der Waals surface area contributed by atoms with Gasteiger partial charge in [-0.25, -0.2) is 4.79 Å². The smallest absolute Gasteiger partial charge is 0.410 e. The SMILES string of the molecule is Cc1cccc(N2CCN(CCC(C)NC(=O)[C@@H]3CCCN3C(=O)OC(C)(C)C)CC2)c1. The molecule has 7 nitrogen and oxygen atoms in total. The Kier molecular flexibility index (Phi) is 8.04. The Balaban J connectivity index is 1.40. The molecule has 2 amide bonds. The molecule has 0 bridgehead atoms. The van der Waals surface area contributed by atoms with Gasteiger partial charge < -0.3 is 15.0 Å². The second-order valence-electron chi connectivity index (χ2n) is 10.2. The van der Waals surface area contributed by atoms with Gasteiger partial charge in [0.25, 0.3) is 0 Å². The van der Waals surface area contributed by atoms with Crippen LogP contribution in [0.1, 0.15) is 52.5 Å². The van der Waals surface area contributed by atoms with E-state index in [9.17, 15) is 9.59 Å². The molecule has 1 N–H and O–H groups in total. The number of hydrogen-bond acceptors (Lipinski definition) is 5. The zero-order chi connectivity index (χ0) is 23.3. The maximum atomic E-state index is 12.8. The van der Waals surface area contributed by atoms with E-state index >= 15 is 0 Å². The molecule has 1 unspecified atom stereocenters. The predicted octanol–water partition coefficient (Wildman–Crippen LogP) is 3.41. The van der Waals surface area contributed by atoms with Crippen molar-refractivity contribution in [2.24, 2.45) is 0 Å². The minimum absolute atomic E-state index is 0.0647. The molecule has 2 aliphatic heterocycles. The van der Waals surface area contributed by atoms with Gasteiger partial charge in [0.2, 0.25) is 5.91 Å². The Labute approximate surface area is 193 Å². The number of benzene rings is 1. The molecule has 7 heteroatoms. The lowest BCUT2D eigenvalue weighted by molar-refractivity contribution is -0.126. The lowest BCUT2D eigenvalue weighted by atomic mass is 10.1. The molecule has 0 spiro atoms. The van der Waals surface area contributed by atoms with E-state index < -0.39 is 17.7 Å². The van der Waals surface area contributed by atoms with Crippen molar-refractivity contribution >= 4 is 17.7 Å². The number of likely N-dealkylation sites (tertiary alicyclic amines) is 1. The zero-order valence-corrected chi connectivity index (χ0v) is 20.4. The number of aryl methyl sites for hydroxylation is 1. The molecular formula is C25H40N4O3. The van der Waals surface area contributed by atoms with Crippen LogP contribution in [0.3, 0.4) is 0 Å². The van der Waals surface area contributed by atoms with Gasteiger partial charge in [0, 0.05) is 51.0 Å². The van der Waals surface area contributed by atoms with Crippen LogP contribution < -0.4 is 10.2 Å². The Morgan fingerprint density at radius 1 is 1.16 bits per heavy atom. The highest BCUT2D eigenvalue weighted by Crippen LogP contribution is 2.21. The van der Waals surface area contributed by atoms with Crippen molar-refractivity contribution in [1.29, 1.82) is 0 Å². The van der Waals surface area contributed by atoms with Crippen LogP contribution >= 0.6 is 0 Å². The summed E-state index contributed by atoms with van der Waals surface area (Å²) >= 11 is 0. The largest absolute Gasteiger partial charge is 0.444 e. The molecule has 2 aliphatic rings. The summed E-state index contributed by atoms with van der Waals surface area (Å²) in [6.45, 7) is 15.4. The molecule has 3 rings (SSSR count). The van der Waals surface area contributed by atoms with Gasteiger partial charge in [0.05, 0.1) is 0 Å². The van der Waals surface area contributed by atoms with E-state index in [1.165, 1.54) is 11.3 Å². The van der Waals surface area contributed by atoms with Gasteiger partial charge in [0.1, 0.15) is 11.6 Å². The first-order valence-corrected chi connectivity index (χ1v) is 12.0. The molecule has 2 saturated heterocycles.